The molecule has 0 aliphatic rings. The molecule has 0 amide bonds. The van der Waals surface area contributed by atoms with E-state index in [9.17, 15) is 4.91 Å². The molecule has 0 fully saturated rings. The molecule has 0 aliphatic carbocycles. The van der Waals surface area contributed by atoms with Crippen LogP contribution in [0.1, 0.15) is 39.0 Å². The van der Waals surface area contributed by atoms with Crippen molar-refractivity contribution in [1.29, 1.82) is 0 Å². The van der Waals surface area contributed by atoms with Crippen molar-refractivity contribution in [2.45, 2.75) is 39.0 Å². The SMILES string of the molecule is C=C(CCCCCC)N=O. The highest BCUT2D eigenvalue weighted by Crippen LogP contribution is 2.08. The van der Waals surface area contributed by atoms with Crippen LogP contribution in [0.2, 0.25) is 0 Å². The lowest BCUT2D eigenvalue weighted by atomic mass is 10.1. The summed E-state index contributed by atoms with van der Waals surface area (Å²) in [5.74, 6) is 0. The fourth-order valence-corrected chi connectivity index (χ4v) is 0.801. The molecular formula is C8H15NO. The first-order valence-electron chi connectivity index (χ1n) is 3.82. The smallest absolute Gasteiger partial charge is 0.0777 e. The van der Waals surface area contributed by atoms with Crippen LogP contribution >= 0.6 is 0 Å². The van der Waals surface area contributed by atoms with Crippen molar-refractivity contribution in [2.24, 2.45) is 5.18 Å². The van der Waals surface area contributed by atoms with Crippen LogP contribution in [0.25, 0.3) is 0 Å². The van der Waals surface area contributed by atoms with Gasteiger partial charge in [-0.2, -0.15) is 0 Å². The van der Waals surface area contributed by atoms with Crippen LogP contribution in [0.5, 0.6) is 0 Å². The van der Waals surface area contributed by atoms with Crippen LogP contribution in [-0.2, 0) is 0 Å². The quantitative estimate of drug-likeness (QED) is 0.412. The maximum Gasteiger partial charge on any atom is 0.0777 e. The molecule has 0 atom stereocenters. The Hall–Kier alpha value is -0.660. The van der Waals surface area contributed by atoms with Crippen LogP contribution < -0.4 is 0 Å². The van der Waals surface area contributed by atoms with Gasteiger partial charge in [0.05, 0.1) is 5.70 Å². The summed E-state index contributed by atoms with van der Waals surface area (Å²) in [7, 11) is 0. The van der Waals surface area contributed by atoms with Gasteiger partial charge >= 0.3 is 0 Å². The number of unbranched alkanes of at least 4 members (excludes halogenated alkanes) is 3. The Bertz CT molecular complexity index is 110. The second kappa shape index (κ2) is 6.46. The molecule has 0 saturated carbocycles. The van der Waals surface area contributed by atoms with E-state index in [1.165, 1.54) is 19.3 Å². The lowest BCUT2D eigenvalue weighted by Gasteiger charge is -1.95. The molecule has 58 valence electrons. The van der Waals surface area contributed by atoms with Crippen molar-refractivity contribution in [3.05, 3.63) is 17.2 Å². The number of nitroso groups, excluding NO2 is 1. The Balaban J connectivity index is 3.03. The minimum absolute atomic E-state index is 0.483. The zero-order valence-corrected chi connectivity index (χ0v) is 6.60. The van der Waals surface area contributed by atoms with E-state index < -0.39 is 0 Å². The Morgan fingerprint density at radius 1 is 1.40 bits per heavy atom. The molecule has 0 radical (unpaired) electrons. The number of rotatable bonds is 6. The minimum Gasteiger partial charge on any atom is -0.145 e. The largest absolute Gasteiger partial charge is 0.145 e. The summed E-state index contributed by atoms with van der Waals surface area (Å²) in [5.41, 5.74) is 0.483. The average molecular weight is 141 g/mol. The van der Waals surface area contributed by atoms with Gasteiger partial charge in [-0.1, -0.05) is 32.8 Å². The van der Waals surface area contributed by atoms with Gasteiger partial charge in [-0.15, -0.1) is 4.91 Å². The highest BCUT2D eigenvalue weighted by molar-refractivity contribution is 4.89. The molecule has 10 heavy (non-hydrogen) atoms. The van der Waals surface area contributed by atoms with E-state index in [1.807, 2.05) is 0 Å². The summed E-state index contributed by atoms with van der Waals surface area (Å²) in [6.45, 7) is 5.65. The number of nitrogens with zero attached hydrogens (tertiary/aromatic N) is 1. The van der Waals surface area contributed by atoms with Gasteiger partial charge in [0.2, 0.25) is 0 Å². The molecule has 0 aromatic carbocycles. The van der Waals surface area contributed by atoms with E-state index in [2.05, 4.69) is 18.7 Å². The van der Waals surface area contributed by atoms with Gasteiger partial charge in [-0.3, -0.25) is 0 Å². The fraction of sp³-hybridized carbons (Fsp3) is 0.750. The third-order valence-corrected chi connectivity index (χ3v) is 1.45. The Morgan fingerprint density at radius 3 is 2.60 bits per heavy atom. The van der Waals surface area contributed by atoms with E-state index >= 15 is 0 Å². The van der Waals surface area contributed by atoms with Crippen LogP contribution in [0.3, 0.4) is 0 Å². The van der Waals surface area contributed by atoms with E-state index in [1.54, 1.807) is 0 Å². The van der Waals surface area contributed by atoms with Gasteiger partial charge in [0, 0.05) is 0 Å². The van der Waals surface area contributed by atoms with Crippen molar-refractivity contribution < 1.29 is 0 Å². The van der Waals surface area contributed by atoms with Gasteiger partial charge in [0.25, 0.3) is 0 Å². The standard InChI is InChI=1S/C8H15NO/c1-3-4-5-6-7-8(2)9-10/h2-7H2,1H3. The number of hydrogen-bond acceptors (Lipinski definition) is 2. The lowest BCUT2D eigenvalue weighted by Crippen LogP contribution is -1.78. The van der Waals surface area contributed by atoms with E-state index in [-0.39, 0.29) is 0 Å². The molecule has 0 heterocycles. The summed E-state index contributed by atoms with van der Waals surface area (Å²) in [6.07, 6.45) is 5.47. The first-order valence-corrected chi connectivity index (χ1v) is 3.82. The molecule has 0 rings (SSSR count). The van der Waals surface area contributed by atoms with Crippen molar-refractivity contribution in [3.63, 3.8) is 0 Å². The zero-order valence-electron chi connectivity index (χ0n) is 6.60. The monoisotopic (exact) mass is 141 g/mol. The molecule has 0 saturated heterocycles. The van der Waals surface area contributed by atoms with Crippen LogP contribution in [0.4, 0.5) is 0 Å². The third kappa shape index (κ3) is 5.48. The third-order valence-electron chi connectivity index (χ3n) is 1.45. The van der Waals surface area contributed by atoms with Gasteiger partial charge in [0.15, 0.2) is 0 Å². The summed E-state index contributed by atoms with van der Waals surface area (Å²) in [4.78, 5) is 9.82. The summed E-state index contributed by atoms with van der Waals surface area (Å²) < 4.78 is 0. The van der Waals surface area contributed by atoms with Crippen LogP contribution in [0.15, 0.2) is 17.5 Å². The number of allylic oxidation sites excluding steroid dienone is 1. The second-order valence-corrected chi connectivity index (χ2v) is 2.47. The number of hydrogen-bond donors (Lipinski definition) is 0. The van der Waals surface area contributed by atoms with Gasteiger partial charge in [-0.05, 0) is 18.0 Å². The normalized spacial score (nSPS) is 9.30. The summed E-state index contributed by atoms with van der Waals surface area (Å²) in [6, 6.07) is 0. The topological polar surface area (TPSA) is 29.4 Å². The molecular weight excluding hydrogens is 126 g/mol. The van der Waals surface area contributed by atoms with Crippen molar-refractivity contribution in [3.8, 4) is 0 Å². The van der Waals surface area contributed by atoms with E-state index in [0.717, 1.165) is 12.8 Å². The molecule has 2 nitrogen and oxygen atoms in total. The average Bonchev–Trinajstić information content (AvgIpc) is 1.98. The molecule has 0 bridgehead atoms. The molecule has 0 unspecified atom stereocenters. The van der Waals surface area contributed by atoms with Gasteiger partial charge in [-0.25, -0.2) is 0 Å². The van der Waals surface area contributed by atoms with Crippen LogP contribution in [0, 0.1) is 4.91 Å². The zero-order chi connectivity index (χ0) is 7.82. The van der Waals surface area contributed by atoms with E-state index in [0.29, 0.717) is 5.70 Å². The van der Waals surface area contributed by atoms with Crippen molar-refractivity contribution in [2.75, 3.05) is 0 Å². The summed E-state index contributed by atoms with van der Waals surface area (Å²) >= 11 is 0. The minimum atomic E-state index is 0.483. The van der Waals surface area contributed by atoms with Crippen molar-refractivity contribution in [1.82, 2.24) is 0 Å². The Labute approximate surface area is 62.3 Å². The Morgan fingerprint density at radius 2 is 2.10 bits per heavy atom. The first kappa shape index (κ1) is 9.34. The predicted octanol–water partition coefficient (Wildman–Crippen LogP) is 3.24. The molecule has 0 aromatic rings. The predicted molar refractivity (Wildman–Crippen MR) is 43.7 cm³/mol. The molecule has 0 aliphatic heterocycles. The first-order chi connectivity index (χ1) is 4.81. The molecule has 0 aromatic heterocycles. The maximum absolute atomic E-state index is 9.82. The van der Waals surface area contributed by atoms with E-state index in [4.69, 9.17) is 0 Å². The van der Waals surface area contributed by atoms with Crippen LogP contribution in [-0.4, -0.2) is 0 Å². The Kier molecular flexibility index (Phi) is 6.03. The molecule has 0 N–H and O–H groups in total. The van der Waals surface area contributed by atoms with Gasteiger partial charge < -0.3 is 0 Å². The maximum atomic E-state index is 9.82. The molecule has 2 heteroatoms. The fourth-order valence-electron chi connectivity index (χ4n) is 0.801. The highest BCUT2D eigenvalue weighted by atomic mass is 16.3. The van der Waals surface area contributed by atoms with Gasteiger partial charge in [0.1, 0.15) is 0 Å². The highest BCUT2D eigenvalue weighted by Gasteiger charge is 1.91. The summed E-state index contributed by atoms with van der Waals surface area (Å²) in [5, 5.41) is 2.74. The lowest BCUT2D eigenvalue weighted by molar-refractivity contribution is 0.663. The second-order valence-electron chi connectivity index (χ2n) is 2.47. The molecule has 0 spiro atoms. The van der Waals surface area contributed by atoms with Crippen molar-refractivity contribution >= 4 is 0 Å².